The molecule has 4 heteroatoms. The lowest BCUT2D eigenvalue weighted by atomic mass is 9.91. The van der Waals surface area contributed by atoms with Crippen LogP contribution in [0.2, 0.25) is 0 Å². The molecule has 2 atom stereocenters. The van der Waals surface area contributed by atoms with Crippen LogP contribution in [0.25, 0.3) is 0 Å². The van der Waals surface area contributed by atoms with Crippen LogP contribution in [0.4, 0.5) is 0 Å². The minimum atomic E-state index is 0.112. The van der Waals surface area contributed by atoms with E-state index < -0.39 is 0 Å². The lowest BCUT2D eigenvalue weighted by molar-refractivity contribution is -0.133. The van der Waals surface area contributed by atoms with Crippen molar-refractivity contribution in [2.75, 3.05) is 13.1 Å². The summed E-state index contributed by atoms with van der Waals surface area (Å²) in [6, 6.07) is 9.87. The first-order valence-electron chi connectivity index (χ1n) is 8.31. The summed E-state index contributed by atoms with van der Waals surface area (Å²) in [5.41, 5.74) is 0.752. The summed E-state index contributed by atoms with van der Waals surface area (Å²) in [4.78, 5) is 28.9. The summed E-state index contributed by atoms with van der Waals surface area (Å²) in [5, 5.41) is 0. The molecule has 2 aliphatic heterocycles. The van der Waals surface area contributed by atoms with Crippen LogP contribution >= 0.6 is 0 Å². The Bertz CT molecular complexity index is 543. The van der Waals surface area contributed by atoms with E-state index in [0.717, 1.165) is 50.8 Å². The zero-order valence-electron chi connectivity index (χ0n) is 13.2. The van der Waals surface area contributed by atoms with E-state index in [1.54, 1.807) is 6.92 Å². The largest absolute Gasteiger partial charge is 0.338 e. The van der Waals surface area contributed by atoms with Crippen LogP contribution < -0.4 is 0 Å². The van der Waals surface area contributed by atoms with Gasteiger partial charge in [0.2, 0.25) is 5.91 Å². The zero-order chi connectivity index (χ0) is 15.5. The van der Waals surface area contributed by atoms with E-state index in [4.69, 9.17) is 0 Å². The number of piperidine rings is 1. The molecule has 0 spiro atoms. The van der Waals surface area contributed by atoms with E-state index in [9.17, 15) is 9.59 Å². The van der Waals surface area contributed by atoms with Crippen molar-refractivity contribution >= 4 is 11.8 Å². The predicted octanol–water partition coefficient (Wildman–Crippen LogP) is 2.69. The Hall–Kier alpha value is -1.84. The third-order valence-electron chi connectivity index (χ3n) is 4.98. The van der Waals surface area contributed by atoms with Crippen molar-refractivity contribution in [3.63, 3.8) is 0 Å². The van der Waals surface area contributed by atoms with Gasteiger partial charge in [0.1, 0.15) is 0 Å². The van der Waals surface area contributed by atoms with Gasteiger partial charge in [-0.3, -0.25) is 9.59 Å². The molecular weight excluding hydrogens is 276 g/mol. The van der Waals surface area contributed by atoms with Crippen molar-refractivity contribution in [2.45, 2.75) is 51.1 Å². The van der Waals surface area contributed by atoms with Crippen LogP contribution in [0.1, 0.15) is 49.4 Å². The minimum Gasteiger partial charge on any atom is -0.338 e. The topological polar surface area (TPSA) is 40.6 Å². The van der Waals surface area contributed by atoms with E-state index in [1.165, 1.54) is 0 Å². The maximum Gasteiger partial charge on any atom is 0.254 e. The van der Waals surface area contributed by atoms with E-state index in [1.807, 2.05) is 40.1 Å². The number of likely N-dealkylation sites (tertiary alicyclic amines) is 2. The fourth-order valence-corrected chi connectivity index (χ4v) is 3.94. The number of hydrogen-bond acceptors (Lipinski definition) is 2. The third kappa shape index (κ3) is 2.87. The van der Waals surface area contributed by atoms with E-state index in [2.05, 4.69) is 0 Å². The molecule has 0 N–H and O–H groups in total. The number of fused-ring (bicyclic) bond motifs is 1. The van der Waals surface area contributed by atoms with Crippen LogP contribution in [0.3, 0.4) is 0 Å². The summed E-state index contributed by atoms with van der Waals surface area (Å²) in [7, 11) is 0. The quantitative estimate of drug-likeness (QED) is 0.800. The lowest BCUT2D eigenvalue weighted by Crippen LogP contribution is -2.57. The molecule has 22 heavy (non-hydrogen) atoms. The maximum absolute atomic E-state index is 12.9. The van der Waals surface area contributed by atoms with Gasteiger partial charge in [0.25, 0.3) is 5.91 Å². The second kappa shape index (κ2) is 6.51. The molecule has 0 aliphatic carbocycles. The molecule has 3 rings (SSSR count). The van der Waals surface area contributed by atoms with Crippen molar-refractivity contribution in [1.29, 1.82) is 0 Å². The Morgan fingerprint density at radius 2 is 1.55 bits per heavy atom. The van der Waals surface area contributed by atoms with Gasteiger partial charge in [-0.1, -0.05) is 18.2 Å². The summed E-state index contributed by atoms with van der Waals surface area (Å²) < 4.78 is 0. The van der Waals surface area contributed by atoms with Gasteiger partial charge < -0.3 is 9.80 Å². The minimum absolute atomic E-state index is 0.112. The van der Waals surface area contributed by atoms with Crippen LogP contribution in [-0.4, -0.2) is 46.8 Å². The normalized spacial score (nSPS) is 25.3. The van der Waals surface area contributed by atoms with Gasteiger partial charge in [-0.25, -0.2) is 0 Å². The van der Waals surface area contributed by atoms with Crippen molar-refractivity contribution < 1.29 is 9.59 Å². The Kier molecular flexibility index (Phi) is 4.46. The highest BCUT2D eigenvalue weighted by Gasteiger charge is 2.39. The van der Waals surface area contributed by atoms with Crippen LogP contribution in [0.15, 0.2) is 30.3 Å². The molecule has 2 heterocycles. The molecule has 2 aliphatic rings. The van der Waals surface area contributed by atoms with Gasteiger partial charge in [-0.15, -0.1) is 0 Å². The third-order valence-corrected chi connectivity index (χ3v) is 4.98. The molecule has 1 aromatic carbocycles. The number of nitrogens with zero attached hydrogens (tertiary/aromatic N) is 2. The highest BCUT2D eigenvalue weighted by Crippen LogP contribution is 2.30. The second-order valence-corrected chi connectivity index (χ2v) is 6.35. The van der Waals surface area contributed by atoms with E-state index in [-0.39, 0.29) is 23.9 Å². The van der Waals surface area contributed by atoms with Crippen molar-refractivity contribution in [3.05, 3.63) is 35.9 Å². The monoisotopic (exact) mass is 300 g/mol. The SMILES string of the molecule is CC(=O)N1CCCC[C@@H]2[C@H]1CCCN2C(=O)c1ccccc1. The predicted molar refractivity (Wildman–Crippen MR) is 85.5 cm³/mol. The summed E-state index contributed by atoms with van der Waals surface area (Å²) >= 11 is 0. The first-order chi connectivity index (χ1) is 10.7. The molecule has 2 amide bonds. The molecule has 118 valence electrons. The Labute approximate surface area is 132 Å². The van der Waals surface area contributed by atoms with Gasteiger partial charge in [-0.05, 0) is 44.2 Å². The van der Waals surface area contributed by atoms with Crippen molar-refractivity contribution in [3.8, 4) is 0 Å². The van der Waals surface area contributed by atoms with Crippen LogP contribution in [0, 0.1) is 0 Å². The first kappa shape index (κ1) is 15.1. The smallest absolute Gasteiger partial charge is 0.254 e. The van der Waals surface area contributed by atoms with Gasteiger partial charge >= 0.3 is 0 Å². The number of amides is 2. The second-order valence-electron chi connectivity index (χ2n) is 6.35. The van der Waals surface area contributed by atoms with Gasteiger partial charge in [0.15, 0.2) is 0 Å². The van der Waals surface area contributed by atoms with Crippen LogP contribution in [-0.2, 0) is 4.79 Å². The van der Waals surface area contributed by atoms with E-state index in [0.29, 0.717) is 0 Å². The van der Waals surface area contributed by atoms with E-state index >= 15 is 0 Å². The fraction of sp³-hybridized carbons (Fsp3) is 0.556. The first-order valence-corrected chi connectivity index (χ1v) is 8.31. The van der Waals surface area contributed by atoms with Crippen molar-refractivity contribution in [2.24, 2.45) is 0 Å². The molecule has 2 fully saturated rings. The molecule has 0 aromatic heterocycles. The van der Waals surface area contributed by atoms with Crippen LogP contribution in [0.5, 0.6) is 0 Å². The molecule has 0 saturated carbocycles. The molecule has 2 saturated heterocycles. The summed E-state index contributed by atoms with van der Waals surface area (Å²) in [6.45, 7) is 3.30. The average Bonchev–Trinajstić information content (AvgIpc) is 2.77. The summed E-state index contributed by atoms with van der Waals surface area (Å²) in [6.07, 6.45) is 5.13. The number of carbonyl (C=O) groups is 2. The highest BCUT2D eigenvalue weighted by atomic mass is 16.2. The molecule has 4 nitrogen and oxygen atoms in total. The summed E-state index contributed by atoms with van der Waals surface area (Å²) in [5.74, 6) is 0.256. The Balaban J connectivity index is 1.86. The number of carbonyl (C=O) groups excluding carboxylic acids is 2. The highest BCUT2D eigenvalue weighted by molar-refractivity contribution is 5.94. The number of rotatable bonds is 1. The maximum atomic E-state index is 12.9. The molecule has 0 unspecified atom stereocenters. The molecule has 0 bridgehead atoms. The van der Waals surface area contributed by atoms with Gasteiger partial charge in [0.05, 0.1) is 12.1 Å². The molecule has 1 aromatic rings. The fourth-order valence-electron chi connectivity index (χ4n) is 3.94. The lowest BCUT2D eigenvalue weighted by Gasteiger charge is -2.44. The Morgan fingerprint density at radius 1 is 0.909 bits per heavy atom. The van der Waals surface area contributed by atoms with Gasteiger partial charge in [-0.2, -0.15) is 0 Å². The molecule has 0 radical (unpaired) electrons. The Morgan fingerprint density at radius 3 is 2.27 bits per heavy atom. The van der Waals surface area contributed by atoms with Crippen molar-refractivity contribution in [1.82, 2.24) is 9.80 Å². The van der Waals surface area contributed by atoms with Gasteiger partial charge in [0, 0.05) is 25.6 Å². The standard InChI is InChI=1S/C18H24N2O2/c1-14(21)19-12-6-5-10-17-16(19)11-7-13-20(17)18(22)15-8-3-2-4-9-15/h2-4,8-9,16-17H,5-7,10-13H2,1H3/t16-,17-/m1/s1. The number of hydrogen-bond donors (Lipinski definition) is 0. The zero-order valence-corrected chi connectivity index (χ0v) is 13.2. The number of benzene rings is 1. The molecular formula is C18H24N2O2. The average molecular weight is 300 g/mol.